The summed E-state index contributed by atoms with van der Waals surface area (Å²) in [5, 5.41) is 3.40. The zero-order valence-corrected chi connectivity index (χ0v) is 19.3. The normalized spacial score (nSPS) is 11.0. The number of carbonyl (C=O) groups is 2. The summed E-state index contributed by atoms with van der Waals surface area (Å²) in [5.74, 6) is -0.903. The van der Waals surface area contributed by atoms with Crippen LogP contribution in [0.5, 0.6) is 0 Å². The van der Waals surface area contributed by atoms with Crippen molar-refractivity contribution in [2.45, 2.75) is 37.9 Å². The number of fused-ring (bicyclic) bond motifs is 1. The molecule has 7 nitrogen and oxygen atoms in total. The molecule has 1 aromatic carbocycles. The summed E-state index contributed by atoms with van der Waals surface area (Å²) >= 11 is 4.56. The number of hydrogen-bond acceptors (Lipinski definition) is 5. The van der Waals surface area contributed by atoms with Gasteiger partial charge in [0.2, 0.25) is 5.91 Å². The molecule has 1 N–H and O–H groups in total. The summed E-state index contributed by atoms with van der Waals surface area (Å²) in [6.07, 6.45) is 4.62. The molecule has 30 heavy (non-hydrogen) atoms. The molecular weight excluding hydrogens is 468 g/mol. The number of hydrogen-bond donors (Lipinski definition) is 1. The van der Waals surface area contributed by atoms with Crippen LogP contribution in [0.2, 0.25) is 0 Å². The van der Waals surface area contributed by atoms with Crippen molar-refractivity contribution >= 4 is 50.4 Å². The van der Waals surface area contributed by atoms with Gasteiger partial charge in [-0.05, 0) is 36.8 Å². The van der Waals surface area contributed by atoms with Crippen molar-refractivity contribution < 1.29 is 9.59 Å². The molecule has 0 spiro atoms. The Balaban J connectivity index is 1.79. The number of nitrogens with one attached hydrogen (secondary N) is 1. The maximum absolute atomic E-state index is 13.0. The molecule has 9 heteroatoms. The lowest BCUT2D eigenvalue weighted by atomic mass is 10.2. The van der Waals surface area contributed by atoms with Gasteiger partial charge in [-0.2, -0.15) is 0 Å². The molecule has 3 aromatic rings. The molecular formula is C21H23BrN4O3S. The first-order valence-electron chi connectivity index (χ1n) is 9.69. The number of benzene rings is 1. The Morgan fingerprint density at radius 3 is 2.73 bits per heavy atom. The fourth-order valence-electron chi connectivity index (χ4n) is 3.05. The number of nitrogens with zero attached hydrogens (tertiary/aromatic N) is 3. The smallest absolute Gasteiger partial charge is 0.274 e. The van der Waals surface area contributed by atoms with E-state index in [2.05, 4.69) is 33.2 Å². The Hall–Kier alpha value is -2.39. The summed E-state index contributed by atoms with van der Waals surface area (Å²) < 4.78 is 4.08. The lowest BCUT2D eigenvalue weighted by molar-refractivity contribution is -0.117. The summed E-state index contributed by atoms with van der Waals surface area (Å²) in [4.78, 5) is 42.2. The van der Waals surface area contributed by atoms with Crippen LogP contribution in [-0.2, 0) is 18.4 Å². The third-order valence-electron chi connectivity index (χ3n) is 4.63. The Morgan fingerprint density at radius 1 is 1.23 bits per heavy atom. The highest BCUT2D eigenvalue weighted by Gasteiger charge is 2.16. The van der Waals surface area contributed by atoms with Crippen LogP contribution in [0, 0.1) is 0 Å². The van der Waals surface area contributed by atoms with Crippen molar-refractivity contribution in [1.29, 1.82) is 0 Å². The van der Waals surface area contributed by atoms with Gasteiger partial charge in [0.05, 0.1) is 16.7 Å². The number of halogens is 1. The SMILES string of the molecule is CCCCCn1c(SCC(=O)NC(=O)c2cccn2C)nc2ccc(Br)cc2c1=O. The number of aryl methyl sites for hydroxylation is 1. The van der Waals surface area contributed by atoms with Crippen LogP contribution in [0.15, 0.2) is 51.0 Å². The van der Waals surface area contributed by atoms with Crippen LogP contribution in [-0.4, -0.2) is 31.7 Å². The largest absolute Gasteiger partial charge is 0.347 e. The summed E-state index contributed by atoms with van der Waals surface area (Å²) in [6, 6.07) is 8.75. The highest BCUT2D eigenvalue weighted by Crippen LogP contribution is 2.21. The van der Waals surface area contributed by atoms with E-state index >= 15 is 0 Å². The molecule has 0 saturated heterocycles. The molecule has 0 bridgehead atoms. The van der Waals surface area contributed by atoms with Gasteiger partial charge in [0, 0.05) is 24.3 Å². The van der Waals surface area contributed by atoms with Crippen LogP contribution < -0.4 is 10.9 Å². The first kappa shape index (κ1) is 22.3. The molecule has 2 heterocycles. The van der Waals surface area contributed by atoms with Gasteiger partial charge in [-0.1, -0.05) is 47.5 Å². The molecule has 3 rings (SSSR count). The van der Waals surface area contributed by atoms with Crippen LogP contribution in [0.4, 0.5) is 0 Å². The molecule has 0 saturated carbocycles. The summed E-state index contributed by atoms with van der Waals surface area (Å²) in [7, 11) is 1.74. The number of thioether (sulfide) groups is 1. The van der Waals surface area contributed by atoms with E-state index < -0.39 is 11.8 Å². The second-order valence-corrected chi connectivity index (χ2v) is 8.75. The van der Waals surface area contributed by atoms with Crippen LogP contribution >= 0.6 is 27.7 Å². The van der Waals surface area contributed by atoms with E-state index in [9.17, 15) is 14.4 Å². The van der Waals surface area contributed by atoms with Crippen LogP contribution in [0.3, 0.4) is 0 Å². The summed E-state index contributed by atoms with van der Waals surface area (Å²) in [6.45, 7) is 2.64. The molecule has 2 amide bonds. The number of rotatable bonds is 8. The Labute approximate surface area is 187 Å². The first-order chi connectivity index (χ1) is 14.4. The van der Waals surface area contributed by atoms with Crippen molar-refractivity contribution in [3.05, 3.63) is 57.0 Å². The fourth-order valence-corrected chi connectivity index (χ4v) is 4.24. The Morgan fingerprint density at radius 2 is 2.03 bits per heavy atom. The predicted molar refractivity (Wildman–Crippen MR) is 122 cm³/mol. The number of carbonyl (C=O) groups excluding carboxylic acids is 2. The van der Waals surface area contributed by atoms with Gasteiger partial charge in [0.25, 0.3) is 11.5 Å². The second kappa shape index (κ2) is 10.1. The third kappa shape index (κ3) is 5.20. The molecule has 0 aliphatic carbocycles. The van der Waals surface area contributed by atoms with Crippen molar-refractivity contribution in [3.8, 4) is 0 Å². The van der Waals surface area contributed by atoms with Gasteiger partial charge in [-0.25, -0.2) is 4.98 Å². The number of aromatic nitrogens is 3. The van der Waals surface area contributed by atoms with Crippen molar-refractivity contribution in [1.82, 2.24) is 19.4 Å². The van der Waals surface area contributed by atoms with Crippen molar-refractivity contribution in [2.24, 2.45) is 7.05 Å². The fraction of sp³-hybridized carbons (Fsp3) is 0.333. The van der Waals surface area contributed by atoms with Gasteiger partial charge < -0.3 is 4.57 Å². The van der Waals surface area contributed by atoms with E-state index in [1.165, 1.54) is 0 Å². The molecule has 0 aliphatic rings. The zero-order valence-electron chi connectivity index (χ0n) is 16.9. The van der Waals surface area contributed by atoms with Gasteiger partial charge in [0.1, 0.15) is 5.69 Å². The molecule has 2 aromatic heterocycles. The van der Waals surface area contributed by atoms with Crippen molar-refractivity contribution in [2.75, 3.05) is 5.75 Å². The molecule has 0 unspecified atom stereocenters. The van der Waals surface area contributed by atoms with Crippen molar-refractivity contribution in [3.63, 3.8) is 0 Å². The van der Waals surface area contributed by atoms with Crippen LogP contribution in [0.1, 0.15) is 36.7 Å². The predicted octanol–water partition coefficient (Wildman–Crippen LogP) is 3.74. The van der Waals surface area contributed by atoms with Gasteiger partial charge in [-0.3, -0.25) is 24.3 Å². The van der Waals surface area contributed by atoms with E-state index in [1.807, 2.05) is 6.07 Å². The number of amides is 2. The summed E-state index contributed by atoms with van der Waals surface area (Å²) in [5.41, 5.74) is 0.858. The minimum atomic E-state index is -0.454. The van der Waals surface area contributed by atoms with Crippen LogP contribution in [0.25, 0.3) is 10.9 Å². The molecule has 158 valence electrons. The van der Waals surface area contributed by atoms with E-state index in [0.717, 1.165) is 35.5 Å². The third-order valence-corrected chi connectivity index (χ3v) is 6.10. The average molecular weight is 491 g/mol. The molecule has 0 aliphatic heterocycles. The second-order valence-electron chi connectivity index (χ2n) is 6.89. The monoisotopic (exact) mass is 490 g/mol. The average Bonchev–Trinajstić information content (AvgIpc) is 3.15. The lowest BCUT2D eigenvalue weighted by Crippen LogP contribution is -2.33. The Bertz CT molecular complexity index is 1140. The minimum Gasteiger partial charge on any atom is -0.347 e. The van der Waals surface area contributed by atoms with Gasteiger partial charge in [-0.15, -0.1) is 0 Å². The van der Waals surface area contributed by atoms with Gasteiger partial charge in [0.15, 0.2) is 5.16 Å². The molecule has 0 radical (unpaired) electrons. The first-order valence-corrected chi connectivity index (χ1v) is 11.5. The van der Waals surface area contributed by atoms with E-state index in [4.69, 9.17) is 0 Å². The minimum absolute atomic E-state index is 0.0155. The lowest BCUT2D eigenvalue weighted by Gasteiger charge is -2.13. The maximum Gasteiger partial charge on any atom is 0.274 e. The number of imide groups is 1. The zero-order chi connectivity index (χ0) is 21.7. The van der Waals surface area contributed by atoms with E-state index in [-0.39, 0.29) is 11.3 Å². The Kier molecular flexibility index (Phi) is 7.49. The van der Waals surface area contributed by atoms with Gasteiger partial charge >= 0.3 is 0 Å². The maximum atomic E-state index is 13.0. The standard InChI is InChI=1S/C21H23BrN4O3S/c1-3-4-5-11-26-20(29)15-12-14(22)8-9-16(15)23-21(26)30-13-18(27)24-19(28)17-7-6-10-25(17)2/h6-10,12H,3-5,11,13H2,1-2H3,(H,24,27,28). The highest BCUT2D eigenvalue weighted by molar-refractivity contribution is 9.10. The molecule has 0 atom stereocenters. The topological polar surface area (TPSA) is 86.0 Å². The highest BCUT2D eigenvalue weighted by atomic mass is 79.9. The van der Waals surface area contributed by atoms with E-state index in [1.54, 1.807) is 46.6 Å². The molecule has 0 fully saturated rings. The quantitative estimate of drug-likeness (QED) is 0.295. The number of unbranched alkanes of at least 4 members (excludes halogenated alkanes) is 2. The van der Waals surface area contributed by atoms with E-state index in [0.29, 0.717) is 28.3 Å².